The van der Waals surface area contributed by atoms with Crippen molar-refractivity contribution >= 4 is 23.9 Å². The number of ether oxygens (including phenoxy) is 2. The van der Waals surface area contributed by atoms with Crippen LogP contribution in [0.4, 0.5) is 0 Å². The topological polar surface area (TPSA) is 127 Å². The van der Waals surface area contributed by atoms with Crippen LogP contribution in [0.25, 0.3) is 0 Å². The van der Waals surface area contributed by atoms with Gasteiger partial charge in [0.1, 0.15) is 0 Å². The Balaban J connectivity index is 2.63. The van der Waals surface area contributed by atoms with Crippen LogP contribution < -0.4 is 0 Å². The summed E-state index contributed by atoms with van der Waals surface area (Å²) in [6.45, 7) is 3.87. The Bertz CT molecular complexity index is 530. The van der Waals surface area contributed by atoms with E-state index in [1.165, 1.54) is 0 Å². The molecule has 8 heteroatoms. The maximum atomic E-state index is 12.3. The Morgan fingerprint density at radius 1 is 0.852 bits per heavy atom. The number of hydrogen-bond donors (Lipinski definition) is 2. The number of esters is 2. The normalized spacial score (nSPS) is 24.4. The fraction of sp³-hybridized carbons (Fsp3) is 0.789. The van der Waals surface area contributed by atoms with E-state index in [4.69, 9.17) is 9.47 Å². The first kappa shape index (κ1) is 22.9. The molecule has 0 aromatic carbocycles. The van der Waals surface area contributed by atoms with Crippen molar-refractivity contribution in [3.63, 3.8) is 0 Å². The number of carboxylic acids is 2. The molecule has 0 radical (unpaired) electrons. The van der Waals surface area contributed by atoms with E-state index >= 15 is 0 Å². The largest absolute Gasteiger partial charge is 0.481 e. The Hall–Kier alpha value is -2.12. The minimum atomic E-state index is -1.16. The molecule has 0 aromatic rings. The Labute approximate surface area is 159 Å². The average Bonchev–Trinajstić information content (AvgIpc) is 2.98. The third-order valence-electron chi connectivity index (χ3n) is 5.09. The zero-order valence-electron chi connectivity index (χ0n) is 16.0. The van der Waals surface area contributed by atoms with Crippen molar-refractivity contribution in [3.8, 4) is 0 Å². The minimum Gasteiger partial charge on any atom is -0.481 e. The van der Waals surface area contributed by atoms with E-state index in [1.54, 1.807) is 13.8 Å². The summed E-state index contributed by atoms with van der Waals surface area (Å²) in [6, 6.07) is 0. The van der Waals surface area contributed by atoms with E-state index in [2.05, 4.69) is 0 Å². The summed E-state index contributed by atoms with van der Waals surface area (Å²) in [5.74, 6) is -6.45. The van der Waals surface area contributed by atoms with Gasteiger partial charge in [-0.05, 0) is 39.0 Å². The molecule has 0 bridgehead atoms. The molecular formula is C19H30O8. The van der Waals surface area contributed by atoms with E-state index in [-0.39, 0.29) is 19.0 Å². The van der Waals surface area contributed by atoms with Crippen LogP contribution in [0.3, 0.4) is 0 Å². The summed E-state index contributed by atoms with van der Waals surface area (Å²) in [5, 5.41) is 18.9. The monoisotopic (exact) mass is 386 g/mol. The van der Waals surface area contributed by atoms with Gasteiger partial charge in [0, 0.05) is 6.42 Å². The van der Waals surface area contributed by atoms with Gasteiger partial charge in [-0.1, -0.05) is 19.3 Å². The number of carbonyl (C=O) groups excluding carboxylic acids is 2. The smallest absolute Gasteiger partial charge is 0.310 e. The first-order valence-electron chi connectivity index (χ1n) is 9.61. The highest BCUT2D eigenvalue weighted by atomic mass is 16.5. The number of carboxylic acid groups (broad SMARTS) is 2. The van der Waals surface area contributed by atoms with Gasteiger partial charge in [-0.3, -0.25) is 19.2 Å². The summed E-state index contributed by atoms with van der Waals surface area (Å²) >= 11 is 0. The molecule has 0 aliphatic heterocycles. The SMILES string of the molecule is CCOC(=O)CCCCCCC1C(C(=O)O)CC(C(=O)O)C1C(=O)OCC. The molecule has 0 saturated heterocycles. The minimum absolute atomic E-state index is 0.0539. The third-order valence-corrected chi connectivity index (χ3v) is 5.09. The van der Waals surface area contributed by atoms with Gasteiger partial charge in [-0.15, -0.1) is 0 Å². The van der Waals surface area contributed by atoms with Crippen molar-refractivity contribution in [3.05, 3.63) is 0 Å². The van der Waals surface area contributed by atoms with Crippen molar-refractivity contribution in [2.45, 2.75) is 58.8 Å². The number of carbonyl (C=O) groups is 4. The number of aliphatic carboxylic acids is 2. The first-order valence-corrected chi connectivity index (χ1v) is 9.61. The second-order valence-corrected chi connectivity index (χ2v) is 6.82. The van der Waals surface area contributed by atoms with Crippen LogP contribution >= 0.6 is 0 Å². The van der Waals surface area contributed by atoms with Gasteiger partial charge in [0.15, 0.2) is 0 Å². The number of unbranched alkanes of at least 4 members (excludes halogenated alkanes) is 3. The molecule has 1 fully saturated rings. The lowest BCUT2D eigenvalue weighted by Gasteiger charge is -2.23. The lowest BCUT2D eigenvalue weighted by Crippen LogP contribution is -2.32. The lowest BCUT2D eigenvalue weighted by molar-refractivity contribution is -0.158. The molecule has 1 aliphatic carbocycles. The predicted octanol–water partition coefficient (Wildman–Crippen LogP) is 2.49. The maximum Gasteiger partial charge on any atom is 0.310 e. The van der Waals surface area contributed by atoms with Gasteiger partial charge >= 0.3 is 23.9 Å². The van der Waals surface area contributed by atoms with Crippen LogP contribution in [0.1, 0.15) is 58.8 Å². The average molecular weight is 386 g/mol. The molecule has 0 spiro atoms. The molecule has 0 heterocycles. The summed E-state index contributed by atoms with van der Waals surface area (Å²) in [4.78, 5) is 46.7. The first-order chi connectivity index (χ1) is 12.8. The Morgan fingerprint density at radius 2 is 1.44 bits per heavy atom. The van der Waals surface area contributed by atoms with Crippen molar-refractivity contribution in [1.29, 1.82) is 0 Å². The van der Waals surface area contributed by atoms with E-state index in [9.17, 15) is 29.4 Å². The standard InChI is InChI=1S/C19H30O8/c1-3-26-15(20)10-8-6-5-7-9-12-13(17(21)22)11-14(18(23)24)16(12)19(25)27-4-2/h12-14,16H,3-11H2,1-2H3,(H,21,22)(H,23,24). The van der Waals surface area contributed by atoms with Crippen LogP contribution in [0.15, 0.2) is 0 Å². The highest BCUT2D eigenvalue weighted by Crippen LogP contribution is 2.45. The van der Waals surface area contributed by atoms with E-state index in [0.29, 0.717) is 32.3 Å². The van der Waals surface area contributed by atoms with Crippen molar-refractivity contribution in [2.24, 2.45) is 23.7 Å². The van der Waals surface area contributed by atoms with Gasteiger partial charge in [0.05, 0.1) is 31.0 Å². The fourth-order valence-corrected chi connectivity index (χ4v) is 3.88. The zero-order chi connectivity index (χ0) is 20.4. The summed E-state index contributed by atoms with van der Waals surface area (Å²) in [7, 11) is 0. The predicted molar refractivity (Wildman–Crippen MR) is 94.8 cm³/mol. The molecule has 2 N–H and O–H groups in total. The molecule has 1 saturated carbocycles. The van der Waals surface area contributed by atoms with Gasteiger partial charge < -0.3 is 19.7 Å². The molecule has 8 nitrogen and oxygen atoms in total. The van der Waals surface area contributed by atoms with Crippen molar-refractivity contribution in [1.82, 2.24) is 0 Å². The van der Waals surface area contributed by atoms with E-state index < -0.39 is 41.6 Å². The molecule has 4 unspecified atom stereocenters. The van der Waals surface area contributed by atoms with E-state index in [0.717, 1.165) is 12.8 Å². The van der Waals surface area contributed by atoms with Gasteiger partial charge in [-0.2, -0.15) is 0 Å². The second kappa shape index (κ2) is 11.6. The van der Waals surface area contributed by atoms with Gasteiger partial charge in [-0.25, -0.2) is 0 Å². The highest BCUT2D eigenvalue weighted by molar-refractivity contribution is 5.84. The van der Waals surface area contributed by atoms with Crippen molar-refractivity contribution < 1.29 is 38.9 Å². The van der Waals surface area contributed by atoms with E-state index in [1.807, 2.05) is 0 Å². The van der Waals surface area contributed by atoms with Crippen LogP contribution in [-0.2, 0) is 28.7 Å². The molecule has 27 heavy (non-hydrogen) atoms. The Kier molecular flexibility index (Phi) is 9.82. The lowest BCUT2D eigenvalue weighted by atomic mass is 9.83. The highest BCUT2D eigenvalue weighted by Gasteiger charge is 2.52. The Morgan fingerprint density at radius 3 is 2.00 bits per heavy atom. The van der Waals surface area contributed by atoms with Crippen molar-refractivity contribution in [2.75, 3.05) is 13.2 Å². The maximum absolute atomic E-state index is 12.3. The molecule has 154 valence electrons. The summed E-state index contributed by atoms with van der Waals surface area (Å²) in [6.07, 6.45) is 3.66. The number of rotatable bonds is 12. The fourth-order valence-electron chi connectivity index (χ4n) is 3.88. The van der Waals surface area contributed by atoms with Crippen LogP contribution in [0.5, 0.6) is 0 Å². The molecule has 4 atom stereocenters. The summed E-state index contributed by atoms with van der Waals surface area (Å²) in [5.41, 5.74) is 0. The molecule has 1 aliphatic rings. The quantitative estimate of drug-likeness (QED) is 0.387. The third kappa shape index (κ3) is 6.84. The molecule has 0 amide bonds. The van der Waals surface area contributed by atoms with Gasteiger partial charge in [0.2, 0.25) is 0 Å². The zero-order valence-corrected chi connectivity index (χ0v) is 16.0. The second-order valence-electron chi connectivity index (χ2n) is 6.82. The molecule has 0 aromatic heterocycles. The summed E-state index contributed by atoms with van der Waals surface area (Å²) < 4.78 is 9.87. The molecule has 1 rings (SSSR count). The molecular weight excluding hydrogens is 356 g/mol. The van der Waals surface area contributed by atoms with Crippen LogP contribution in [0, 0.1) is 23.7 Å². The van der Waals surface area contributed by atoms with Crippen LogP contribution in [-0.4, -0.2) is 47.3 Å². The number of hydrogen-bond acceptors (Lipinski definition) is 6. The van der Waals surface area contributed by atoms with Gasteiger partial charge in [0.25, 0.3) is 0 Å². The van der Waals surface area contributed by atoms with Crippen LogP contribution in [0.2, 0.25) is 0 Å².